The van der Waals surface area contributed by atoms with Crippen LogP contribution in [-0.4, -0.2) is 28.7 Å². The largest absolute Gasteiger partial charge is 0.504 e. The monoisotopic (exact) mass is 264 g/mol. The number of hydrogen-bond donors (Lipinski definition) is 4. The predicted octanol–water partition coefficient (Wildman–Crippen LogP) is 1.35. The average Bonchev–Trinajstić information content (AvgIpc) is 2.40. The molecule has 0 aromatic heterocycles. The molecule has 1 aromatic rings. The number of phenols is 2. The summed E-state index contributed by atoms with van der Waals surface area (Å²) in [6, 6.07) is 4.19. The molecule has 1 aliphatic rings. The quantitative estimate of drug-likeness (QED) is 0.620. The zero-order valence-corrected chi connectivity index (χ0v) is 10.8. The highest BCUT2D eigenvalue weighted by Crippen LogP contribution is 2.25. The van der Waals surface area contributed by atoms with Crippen LogP contribution in [0.2, 0.25) is 0 Å². The summed E-state index contributed by atoms with van der Waals surface area (Å²) in [6.45, 7) is 0.557. The molecule has 2 atom stereocenters. The molecule has 0 bridgehead atoms. The Morgan fingerprint density at radius 1 is 1.26 bits per heavy atom. The van der Waals surface area contributed by atoms with Gasteiger partial charge in [0.25, 0.3) is 5.91 Å². The summed E-state index contributed by atoms with van der Waals surface area (Å²) < 4.78 is 0. The Kier molecular flexibility index (Phi) is 4.27. The van der Waals surface area contributed by atoms with Crippen LogP contribution in [-0.2, 0) is 0 Å². The van der Waals surface area contributed by atoms with E-state index in [-0.39, 0.29) is 23.4 Å². The average molecular weight is 264 g/mol. The van der Waals surface area contributed by atoms with E-state index in [1.54, 1.807) is 0 Å². The molecule has 1 aliphatic carbocycles. The molecule has 0 aliphatic heterocycles. The van der Waals surface area contributed by atoms with Gasteiger partial charge in [-0.15, -0.1) is 0 Å². The number of carbonyl (C=O) groups is 1. The second-order valence-corrected chi connectivity index (χ2v) is 5.12. The highest BCUT2D eigenvalue weighted by atomic mass is 16.3. The van der Waals surface area contributed by atoms with Crippen molar-refractivity contribution >= 4 is 5.91 Å². The van der Waals surface area contributed by atoms with Gasteiger partial charge in [0.1, 0.15) is 0 Å². The van der Waals surface area contributed by atoms with Crippen LogP contribution in [0.15, 0.2) is 18.2 Å². The minimum atomic E-state index is -0.290. The molecule has 0 heterocycles. The SMILES string of the molecule is NC1CCCCC1CNC(=O)c1ccc(O)c(O)c1. The smallest absolute Gasteiger partial charge is 0.251 e. The molecule has 5 heteroatoms. The topological polar surface area (TPSA) is 95.6 Å². The maximum absolute atomic E-state index is 11.9. The molecule has 0 saturated heterocycles. The Morgan fingerprint density at radius 2 is 2.00 bits per heavy atom. The third kappa shape index (κ3) is 3.38. The number of hydrogen-bond acceptors (Lipinski definition) is 4. The molecular weight excluding hydrogens is 244 g/mol. The lowest BCUT2D eigenvalue weighted by Gasteiger charge is -2.28. The number of rotatable bonds is 3. The van der Waals surface area contributed by atoms with Gasteiger partial charge in [-0.3, -0.25) is 4.79 Å². The maximum Gasteiger partial charge on any atom is 0.251 e. The third-order valence-corrected chi connectivity index (χ3v) is 3.73. The Morgan fingerprint density at radius 3 is 2.68 bits per heavy atom. The Hall–Kier alpha value is -1.75. The number of benzene rings is 1. The van der Waals surface area contributed by atoms with Gasteiger partial charge in [0, 0.05) is 18.2 Å². The molecule has 1 saturated carbocycles. The summed E-state index contributed by atoms with van der Waals surface area (Å²) in [5.41, 5.74) is 6.36. The van der Waals surface area contributed by atoms with Crippen molar-refractivity contribution in [3.8, 4) is 11.5 Å². The van der Waals surface area contributed by atoms with Crippen LogP contribution in [0.25, 0.3) is 0 Å². The summed E-state index contributed by atoms with van der Waals surface area (Å²) in [6.07, 6.45) is 4.38. The molecular formula is C14H20N2O3. The van der Waals surface area contributed by atoms with E-state index in [2.05, 4.69) is 5.32 Å². The van der Waals surface area contributed by atoms with Crippen molar-refractivity contribution < 1.29 is 15.0 Å². The van der Waals surface area contributed by atoms with Crippen LogP contribution in [0.3, 0.4) is 0 Å². The number of phenolic OH excluding ortho intramolecular Hbond substituents is 2. The highest BCUT2D eigenvalue weighted by molar-refractivity contribution is 5.94. The summed E-state index contributed by atoms with van der Waals surface area (Å²) in [7, 11) is 0. The van der Waals surface area contributed by atoms with Gasteiger partial charge in [-0.25, -0.2) is 0 Å². The minimum Gasteiger partial charge on any atom is -0.504 e. The summed E-state index contributed by atoms with van der Waals surface area (Å²) in [5.74, 6) is -0.454. The molecule has 1 amide bonds. The Labute approximate surface area is 112 Å². The molecule has 5 nitrogen and oxygen atoms in total. The summed E-state index contributed by atoms with van der Waals surface area (Å²) in [5, 5.41) is 21.4. The standard InChI is InChI=1S/C14H20N2O3/c15-11-4-2-1-3-10(11)8-16-14(19)9-5-6-12(17)13(18)7-9/h5-7,10-11,17-18H,1-4,8,15H2,(H,16,19). The second-order valence-electron chi connectivity index (χ2n) is 5.12. The van der Waals surface area contributed by atoms with Crippen LogP contribution in [0, 0.1) is 5.92 Å². The van der Waals surface area contributed by atoms with E-state index < -0.39 is 0 Å². The first-order chi connectivity index (χ1) is 9.08. The van der Waals surface area contributed by atoms with E-state index >= 15 is 0 Å². The first kappa shape index (κ1) is 13.7. The fourth-order valence-corrected chi connectivity index (χ4v) is 2.48. The Balaban J connectivity index is 1.91. The molecule has 104 valence electrons. The molecule has 2 rings (SSSR count). The van der Waals surface area contributed by atoms with E-state index in [9.17, 15) is 15.0 Å². The van der Waals surface area contributed by atoms with Gasteiger partial charge in [-0.1, -0.05) is 12.8 Å². The van der Waals surface area contributed by atoms with Gasteiger partial charge < -0.3 is 21.3 Å². The van der Waals surface area contributed by atoms with Gasteiger partial charge in [0.2, 0.25) is 0 Å². The molecule has 1 aromatic carbocycles. The van der Waals surface area contributed by atoms with Crippen molar-refractivity contribution in [2.24, 2.45) is 11.7 Å². The van der Waals surface area contributed by atoms with Crippen LogP contribution in [0.4, 0.5) is 0 Å². The van der Waals surface area contributed by atoms with Crippen LogP contribution in [0.5, 0.6) is 11.5 Å². The van der Waals surface area contributed by atoms with E-state index in [4.69, 9.17) is 5.73 Å². The van der Waals surface area contributed by atoms with Crippen molar-refractivity contribution in [2.75, 3.05) is 6.54 Å². The van der Waals surface area contributed by atoms with E-state index in [0.29, 0.717) is 18.0 Å². The molecule has 1 fully saturated rings. The van der Waals surface area contributed by atoms with E-state index in [1.165, 1.54) is 18.2 Å². The zero-order chi connectivity index (χ0) is 13.8. The van der Waals surface area contributed by atoms with Crippen molar-refractivity contribution in [3.05, 3.63) is 23.8 Å². The lowest BCUT2D eigenvalue weighted by atomic mass is 9.85. The molecule has 19 heavy (non-hydrogen) atoms. The van der Waals surface area contributed by atoms with Gasteiger partial charge >= 0.3 is 0 Å². The fraction of sp³-hybridized carbons (Fsp3) is 0.500. The number of aromatic hydroxyl groups is 2. The van der Waals surface area contributed by atoms with Crippen LogP contribution >= 0.6 is 0 Å². The number of carbonyl (C=O) groups excluding carboxylic acids is 1. The number of amides is 1. The van der Waals surface area contributed by atoms with Crippen molar-refractivity contribution in [3.63, 3.8) is 0 Å². The zero-order valence-electron chi connectivity index (χ0n) is 10.8. The predicted molar refractivity (Wildman–Crippen MR) is 72.0 cm³/mol. The highest BCUT2D eigenvalue weighted by Gasteiger charge is 2.22. The first-order valence-corrected chi connectivity index (χ1v) is 6.63. The van der Waals surface area contributed by atoms with Crippen molar-refractivity contribution in [1.29, 1.82) is 0 Å². The summed E-state index contributed by atoms with van der Waals surface area (Å²) >= 11 is 0. The normalized spacial score (nSPS) is 23.0. The van der Waals surface area contributed by atoms with Gasteiger partial charge in [0.15, 0.2) is 11.5 Å². The first-order valence-electron chi connectivity index (χ1n) is 6.63. The lowest BCUT2D eigenvalue weighted by molar-refractivity contribution is 0.0941. The summed E-state index contributed by atoms with van der Waals surface area (Å²) in [4.78, 5) is 11.9. The molecule has 5 N–H and O–H groups in total. The third-order valence-electron chi connectivity index (χ3n) is 3.73. The maximum atomic E-state index is 11.9. The number of nitrogens with one attached hydrogen (secondary N) is 1. The number of nitrogens with two attached hydrogens (primary N) is 1. The van der Waals surface area contributed by atoms with Gasteiger partial charge in [0.05, 0.1) is 0 Å². The molecule has 2 unspecified atom stereocenters. The van der Waals surface area contributed by atoms with E-state index in [0.717, 1.165) is 25.7 Å². The fourth-order valence-electron chi connectivity index (χ4n) is 2.48. The minimum absolute atomic E-state index is 0.155. The van der Waals surface area contributed by atoms with E-state index in [1.807, 2.05) is 0 Å². The van der Waals surface area contributed by atoms with Gasteiger partial charge in [-0.05, 0) is 37.0 Å². The van der Waals surface area contributed by atoms with Crippen molar-refractivity contribution in [2.45, 2.75) is 31.7 Å². The second kappa shape index (κ2) is 5.93. The van der Waals surface area contributed by atoms with Gasteiger partial charge in [-0.2, -0.15) is 0 Å². The van der Waals surface area contributed by atoms with Crippen LogP contribution in [0.1, 0.15) is 36.0 Å². The van der Waals surface area contributed by atoms with Crippen molar-refractivity contribution in [1.82, 2.24) is 5.32 Å². The lowest BCUT2D eigenvalue weighted by Crippen LogP contribution is -2.41. The molecule has 0 spiro atoms. The Bertz CT molecular complexity index is 462. The van der Waals surface area contributed by atoms with Crippen LogP contribution < -0.4 is 11.1 Å². The molecule has 0 radical (unpaired) electrons.